The Morgan fingerprint density at radius 2 is 2.21 bits per heavy atom. The van der Waals surface area contributed by atoms with Crippen LogP contribution < -0.4 is 10.3 Å². The molecule has 0 spiro atoms. The van der Waals surface area contributed by atoms with Gasteiger partial charge < -0.3 is 4.98 Å². The van der Waals surface area contributed by atoms with Crippen LogP contribution in [-0.4, -0.2) is 34.7 Å². The van der Waals surface area contributed by atoms with Gasteiger partial charge in [0.2, 0.25) is 15.6 Å². The van der Waals surface area contributed by atoms with Gasteiger partial charge in [0.25, 0.3) is 0 Å². The molecule has 0 aliphatic rings. The monoisotopic (exact) mass is 283 g/mol. The first kappa shape index (κ1) is 13.4. The molecular weight excluding hydrogens is 270 g/mol. The molecule has 102 valence electrons. The van der Waals surface area contributed by atoms with Gasteiger partial charge in [-0.05, 0) is 6.07 Å². The number of aryl methyl sites for hydroxylation is 1. The van der Waals surface area contributed by atoms with E-state index in [9.17, 15) is 13.2 Å². The summed E-state index contributed by atoms with van der Waals surface area (Å²) in [4.78, 5) is 17.2. The molecule has 0 aromatic carbocycles. The van der Waals surface area contributed by atoms with Crippen molar-refractivity contribution in [3.8, 4) is 0 Å². The van der Waals surface area contributed by atoms with Gasteiger partial charge in [0.1, 0.15) is 6.33 Å². The molecule has 0 amide bonds. The van der Waals surface area contributed by atoms with Crippen molar-refractivity contribution < 1.29 is 8.42 Å². The summed E-state index contributed by atoms with van der Waals surface area (Å²) in [5, 5.41) is 4.04. The second-order valence-corrected chi connectivity index (χ2v) is 5.64. The van der Waals surface area contributed by atoms with Crippen LogP contribution in [0, 0.1) is 0 Å². The van der Waals surface area contributed by atoms with Crippen molar-refractivity contribution in [2.45, 2.75) is 11.3 Å². The Bertz CT molecular complexity index is 698. The molecule has 19 heavy (non-hydrogen) atoms. The van der Waals surface area contributed by atoms with Crippen molar-refractivity contribution >= 4 is 10.0 Å². The van der Waals surface area contributed by atoms with Crippen molar-refractivity contribution in [2.75, 3.05) is 6.54 Å². The van der Waals surface area contributed by atoms with E-state index in [0.717, 1.165) is 12.3 Å². The van der Waals surface area contributed by atoms with Crippen LogP contribution in [0.25, 0.3) is 0 Å². The second kappa shape index (κ2) is 5.33. The summed E-state index contributed by atoms with van der Waals surface area (Å²) in [5.41, 5.74) is -0.350. The van der Waals surface area contributed by atoms with Gasteiger partial charge >= 0.3 is 0 Å². The standard InChI is InChI=1S/C10H13N5O3S/c1-15-7-12-9(14-15)4-5-13-19(17,18)8-2-3-10(16)11-6-8/h2-3,6-7,13H,4-5H2,1H3,(H,11,16). The van der Waals surface area contributed by atoms with Crippen molar-refractivity contribution in [3.05, 3.63) is 40.8 Å². The van der Waals surface area contributed by atoms with Gasteiger partial charge in [-0.15, -0.1) is 0 Å². The van der Waals surface area contributed by atoms with Crippen LogP contribution in [0.1, 0.15) is 5.82 Å². The Morgan fingerprint density at radius 3 is 2.79 bits per heavy atom. The van der Waals surface area contributed by atoms with Gasteiger partial charge in [-0.25, -0.2) is 18.1 Å². The molecule has 2 rings (SSSR count). The molecule has 0 atom stereocenters. The summed E-state index contributed by atoms with van der Waals surface area (Å²) >= 11 is 0. The van der Waals surface area contributed by atoms with Crippen molar-refractivity contribution in [1.82, 2.24) is 24.5 Å². The fraction of sp³-hybridized carbons (Fsp3) is 0.300. The predicted molar refractivity (Wildman–Crippen MR) is 67.0 cm³/mol. The Labute approximate surface area is 109 Å². The molecule has 2 aromatic heterocycles. The third kappa shape index (κ3) is 3.48. The second-order valence-electron chi connectivity index (χ2n) is 3.87. The highest BCUT2D eigenvalue weighted by Crippen LogP contribution is 2.03. The zero-order chi connectivity index (χ0) is 13.9. The average Bonchev–Trinajstić information content (AvgIpc) is 2.75. The van der Waals surface area contributed by atoms with E-state index in [-0.39, 0.29) is 17.0 Å². The highest BCUT2D eigenvalue weighted by molar-refractivity contribution is 7.89. The van der Waals surface area contributed by atoms with Crippen LogP contribution >= 0.6 is 0 Å². The number of nitrogens with zero attached hydrogens (tertiary/aromatic N) is 3. The number of aromatic amines is 1. The number of nitrogens with one attached hydrogen (secondary N) is 2. The molecular formula is C10H13N5O3S. The molecule has 2 heterocycles. The van der Waals surface area contributed by atoms with E-state index in [1.165, 1.54) is 6.07 Å². The lowest BCUT2D eigenvalue weighted by molar-refractivity contribution is 0.580. The molecule has 0 unspecified atom stereocenters. The number of sulfonamides is 1. The Balaban J connectivity index is 1.98. The normalized spacial score (nSPS) is 11.6. The molecule has 2 aromatic rings. The van der Waals surface area contributed by atoms with Crippen LogP contribution in [-0.2, 0) is 23.5 Å². The maximum absolute atomic E-state index is 11.9. The zero-order valence-electron chi connectivity index (χ0n) is 10.2. The van der Waals surface area contributed by atoms with Gasteiger partial charge in [0, 0.05) is 32.3 Å². The molecule has 9 heteroatoms. The molecule has 0 fully saturated rings. The molecule has 2 N–H and O–H groups in total. The minimum Gasteiger partial charge on any atom is -0.328 e. The number of rotatable bonds is 5. The van der Waals surface area contributed by atoms with Crippen LogP contribution in [0.4, 0.5) is 0 Å². The maximum Gasteiger partial charge on any atom is 0.247 e. The van der Waals surface area contributed by atoms with E-state index >= 15 is 0 Å². The Morgan fingerprint density at radius 1 is 1.42 bits per heavy atom. The predicted octanol–water partition coefficient (Wildman–Crippen LogP) is -0.976. The van der Waals surface area contributed by atoms with E-state index in [4.69, 9.17) is 0 Å². The lowest BCUT2D eigenvalue weighted by Gasteiger charge is -2.04. The molecule has 0 bridgehead atoms. The minimum absolute atomic E-state index is 0.0149. The molecule has 0 aliphatic carbocycles. The lowest BCUT2D eigenvalue weighted by atomic mass is 10.4. The Kier molecular flexibility index (Phi) is 3.76. The van der Waals surface area contributed by atoms with Gasteiger partial charge in [-0.3, -0.25) is 9.48 Å². The highest BCUT2D eigenvalue weighted by atomic mass is 32.2. The SMILES string of the molecule is Cn1cnc(CCNS(=O)(=O)c2ccc(=O)[nH]c2)n1. The zero-order valence-corrected chi connectivity index (χ0v) is 11.0. The first-order chi connectivity index (χ1) is 8.97. The van der Waals surface area contributed by atoms with Crippen LogP contribution in [0.3, 0.4) is 0 Å². The Hall–Kier alpha value is -2.00. The van der Waals surface area contributed by atoms with E-state index in [2.05, 4.69) is 19.8 Å². The number of hydrogen-bond donors (Lipinski definition) is 2. The topological polar surface area (TPSA) is 110 Å². The molecule has 0 saturated carbocycles. The summed E-state index contributed by atoms with van der Waals surface area (Å²) in [6.45, 7) is 0.186. The fourth-order valence-electron chi connectivity index (χ4n) is 1.44. The molecule has 0 aliphatic heterocycles. The highest BCUT2D eigenvalue weighted by Gasteiger charge is 2.13. The van der Waals surface area contributed by atoms with Gasteiger partial charge in [0.05, 0.1) is 4.90 Å². The van der Waals surface area contributed by atoms with Crippen LogP contribution in [0.2, 0.25) is 0 Å². The quantitative estimate of drug-likeness (QED) is 0.733. The van der Waals surface area contributed by atoms with Gasteiger partial charge in [0.15, 0.2) is 5.82 Å². The van der Waals surface area contributed by atoms with E-state index < -0.39 is 10.0 Å². The fourth-order valence-corrected chi connectivity index (χ4v) is 2.44. The average molecular weight is 283 g/mol. The molecule has 8 nitrogen and oxygen atoms in total. The van der Waals surface area contributed by atoms with E-state index in [0.29, 0.717) is 12.2 Å². The minimum atomic E-state index is -3.62. The lowest BCUT2D eigenvalue weighted by Crippen LogP contribution is -2.26. The summed E-state index contributed by atoms with van der Waals surface area (Å²) in [7, 11) is -1.89. The third-order valence-corrected chi connectivity index (χ3v) is 3.81. The number of aromatic nitrogens is 4. The van der Waals surface area contributed by atoms with Crippen LogP contribution in [0.15, 0.2) is 34.3 Å². The molecule has 0 saturated heterocycles. The summed E-state index contributed by atoms with van der Waals surface area (Å²) < 4.78 is 27.7. The van der Waals surface area contributed by atoms with Crippen LogP contribution in [0.5, 0.6) is 0 Å². The molecule has 0 radical (unpaired) electrons. The van der Waals surface area contributed by atoms with E-state index in [1.807, 2.05) is 0 Å². The van der Waals surface area contributed by atoms with Crippen molar-refractivity contribution in [1.29, 1.82) is 0 Å². The van der Waals surface area contributed by atoms with Gasteiger partial charge in [-0.1, -0.05) is 0 Å². The number of hydrogen-bond acceptors (Lipinski definition) is 5. The smallest absolute Gasteiger partial charge is 0.247 e. The number of H-pyrrole nitrogens is 1. The van der Waals surface area contributed by atoms with Gasteiger partial charge in [-0.2, -0.15) is 5.10 Å². The van der Waals surface area contributed by atoms with Crippen molar-refractivity contribution in [2.24, 2.45) is 7.05 Å². The summed E-state index contributed by atoms with van der Waals surface area (Å²) in [6, 6.07) is 2.41. The maximum atomic E-state index is 11.9. The summed E-state index contributed by atoms with van der Waals surface area (Å²) in [5.74, 6) is 0.562. The van der Waals surface area contributed by atoms with E-state index in [1.54, 1.807) is 18.1 Å². The number of pyridine rings is 1. The first-order valence-corrected chi connectivity index (χ1v) is 6.98. The van der Waals surface area contributed by atoms with Crippen molar-refractivity contribution in [3.63, 3.8) is 0 Å². The largest absolute Gasteiger partial charge is 0.328 e. The summed E-state index contributed by atoms with van der Waals surface area (Å²) in [6.07, 6.45) is 3.10. The third-order valence-electron chi connectivity index (χ3n) is 2.35. The first-order valence-electron chi connectivity index (χ1n) is 5.50.